The number of ketones is 2. The lowest BCUT2D eigenvalue weighted by Gasteiger charge is -2.18. The number of hydrazone groups is 2. The van der Waals surface area contributed by atoms with Crippen LogP contribution in [0.1, 0.15) is 52.6 Å². The Labute approximate surface area is 325 Å². The zero-order chi connectivity index (χ0) is 42.1. The predicted molar refractivity (Wildman–Crippen MR) is 207 cm³/mol. The number of rotatable bonds is 10. The van der Waals surface area contributed by atoms with Crippen LogP contribution in [0.25, 0.3) is 12.2 Å². The number of carbonyl (C=O) groups excluding carboxylic acids is 4. The first-order chi connectivity index (χ1) is 27.3. The molecule has 8 N–H and O–H groups in total. The van der Waals surface area contributed by atoms with E-state index in [0.29, 0.717) is 0 Å². The molecule has 2 amide bonds. The highest BCUT2D eigenvalue weighted by Gasteiger charge is 2.34. The number of aromatic carboxylic acids is 2. The average Bonchev–Trinajstić information content (AvgIpc) is 3.16. The van der Waals surface area contributed by atoms with Crippen molar-refractivity contribution in [2.75, 3.05) is 21.5 Å². The van der Waals surface area contributed by atoms with Gasteiger partial charge in [-0.1, -0.05) is 0 Å². The molecule has 0 aliphatic heterocycles. The normalized spacial score (nSPS) is 15.1. The number of anilines is 4. The summed E-state index contributed by atoms with van der Waals surface area (Å²) in [6.45, 7) is 0. The summed E-state index contributed by atoms with van der Waals surface area (Å²) >= 11 is 0. The third-order valence-corrected chi connectivity index (χ3v) is 9.93. The largest absolute Gasteiger partial charge is 0.478 e. The molecule has 22 heteroatoms. The van der Waals surface area contributed by atoms with Crippen molar-refractivity contribution in [3.05, 3.63) is 128 Å². The summed E-state index contributed by atoms with van der Waals surface area (Å²) in [5.41, 5.74) is 3.16. The number of carboxylic acids is 2. The first-order valence-electron chi connectivity index (χ1n) is 16.0. The Morgan fingerprint density at radius 2 is 0.828 bits per heavy atom. The number of hydrogen-bond acceptors (Lipinski definition) is 14. The number of amides is 2. The molecule has 0 heterocycles. The summed E-state index contributed by atoms with van der Waals surface area (Å²) in [7, 11) is -10.1. The van der Waals surface area contributed by atoms with E-state index >= 15 is 0 Å². The zero-order valence-corrected chi connectivity index (χ0v) is 30.5. The smallest absolute Gasteiger partial charge is 0.335 e. The Morgan fingerprint density at radius 3 is 1.14 bits per heavy atom. The Balaban J connectivity index is 1.18. The summed E-state index contributed by atoms with van der Waals surface area (Å²) < 4.78 is 68.8. The molecule has 0 aromatic heterocycles. The lowest BCUT2D eigenvalue weighted by molar-refractivity contribution is -0.132. The Bertz CT molecular complexity index is 2650. The van der Waals surface area contributed by atoms with Crippen LogP contribution in [0, 0.1) is 0 Å². The number of benzene rings is 4. The molecule has 0 unspecified atom stereocenters. The van der Waals surface area contributed by atoms with E-state index in [2.05, 4.69) is 31.7 Å². The minimum absolute atomic E-state index is 0.0490. The van der Waals surface area contributed by atoms with Gasteiger partial charge < -0.3 is 20.8 Å². The molecule has 0 fully saturated rings. The lowest BCUT2D eigenvalue weighted by Crippen LogP contribution is -2.30. The topological polar surface area (TPSA) is 324 Å². The molecule has 20 nitrogen and oxygen atoms in total. The molecule has 6 rings (SSSR count). The van der Waals surface area contributed by atoms with Crippen LogP contribution in [0.5, 0.6) is 0 Å². The number of nitrogens with one attached hydrogen (secondary N) is 4. The molecule has 294 valence electrons. The maximum atomic E-state index is 13.3. The maximum absolute atomic E-state index is 13.3. The van der Waals surface area contributed by atoms with Gasteiger partial charge in [-0.05, 0) is 108 Å². The van der Waals surface area contributed by atoms with Gasteiger partial charge in [-0.15, -0.1) is 0 Å². The van der Waals surface area contributed by atoms with E-state index in [1.54, 1.807) is 0 Å². The van der Waals surface area contributed by atoms with Crippen LogP contribution in [0.3, 0.4) is 0 Å². The summed E-state index contributed by atoms with van der Waals surface area (Å²) in [5.74, 6) is -6.82. The fourth-order valence-electron chi connectivity index (χ4n) is 5.43. The molecule has 0 radical (unpaired) electrons. The fraction of sp³-hybridized carbons (Fsp3) is 0. The first kappa shape index (κ1) is 40.0. The average molecular weight is 829 g/mol. The van der Waals surface area contributed by atoms with Crippen molar-refractivity contribution in [2.24, 2.45) is 10.2 Å². The van der Waals surface area contributed by atoms with E-state index in [9.17, 15) is 54.7 Å². The highest BCUT2D eigenvalue weighted by molar-refractivity contribution is 7.91. The summed E-state index contributed by atoms with van der Waals surface area (Å²) in [6.07, 6.45) is 1.81. The van der Waals surface area contributed by atoms with Crippen molar-refractivity contribution in [3.8, 4) is 0 Å². The third-order valence-electron chi connectivity index (χ3n) is 8.20. The summed E-state index contributed by atoms with van der Waals surface area (Å²) in [6, 6.07) is 17.3. The van der Waals surface area contributed by atoms with Crippen LogP contribution < -0.4 is 21.5 Å². The standard InChI is InChI=1S/C36H24N6O14S2/c43-31-25-11-9-23(13-19(25)15-27(57(51,52)53)29(31)41-39-21-5-1-17(2-6-21)35(47)48)37-33(45)34(46)38-24-10-12-26-20(14-24)16-28(58(54,55)56)30(32(26)44)42-40-22-7-3-18(4-8-22)36(49)50/h1-16,39-40H,(H,37,45)(H,38,46)(H,47,48)(H,49,50)(H,51,52,53)(H,54,55,56)/b41-29-,42-30-. The minimum atomic E-state index is -5.06. The molecule has 58 heavy (non-hydrogen) atoms. The lowest BCUT2D eigenvalue weighted by atomic mass is 9.94. The van der Waals surface area contributed by atoms with Gasteiger partial charge in [0.15, 0.2) is 11.4 Å². The van der Waals surface area contributed by atoms with Crippen molar-refractivity contribution < 1.29 is 64.9 Å². The van der Waals surface area contributed by atoms with Crippen molar-refractivity contribution in [2.45, 2.75) is 0 Å². The highest BCUT2D eigenvalue weighted by atomic mass is 32.2. The van der Waals surface area contributed by atoms with Crippen LogP contribution in [0.2, 0.25) is 0 Å². The summed E-state index contributed by atoms with van der Waals surface area (Å²) in [5, 5.41) is 30.3. The fourth-order valence-corrected chi connectivity index (χ4v) is 6.74. The van der Waals surface area contributed by atoms with E-state index in [-0.39, 0.29) is 56.1 Å². The second kappa shape index (κ2) is 15.5. The van der Waals surface area contributed by atoms with Crippen molar-refractivity contribution in [3.63, 3.8) is 0 Å². The van der Waals surface area contributed by atoms with Crippen LogP contribution in [0.15, 0.2) is 105 Å². The number of carboxylic acid groups (broad SMARTS) is 2. The van der Waals surface area contributed by atoms with Gasteiger partial charge in [0.05, 0.1) is 22.5 Å². The van der Waals surface area contributed by atoms with E-state index in [1.807, 2.05) is 0 Å². The van der Waals surface area contributed by atoms with Gasteiger partial charge in [0.2, 0.25) is 11.6 Å². The van der Waals surface area contributed by atoms with Crippen LogP contribution in [0.4, 0.5) is 22.7 Å². The number of nitrogens with zero attached hydrogens (tertiary/aromatic N) is 2. The molecule has 2 aliphatic carbocycles. The molecule has 0 saturated carbocycles. The molecule has 0 atom stereocenters. The van der Waals surface area contributed by atoms with Gasteiger partial charge in [-0.2, -0.15) is 27.0 Å². The van der Waals surface area contributed by atoms with Crippen LogP contribution >= 0.6 is 0 Å². The molecular weight excluding hydrogens is 805 g/mol. The number of hydrogen-bond donors (Lipinski definition) is 8. The monoisotopic (exact) mass is 828 g/mol. The molecule has 4 aromatic carbocycles. The van der Waals surface area contributed by atoms with Gasteiger partial charge in [0.1, 0.15) is 9.81 Å². The molecule has 2 aliphatic rings. The molecular formula is C36H24N6O14S2. The van der Waals surface area contributed by atoms with Gasteiger partial charge in [-0.25, -0.2) is 9.59 Å². The SMILES string of the molecule is O=C(Nc1ccc2c(c1)C=C(S(=O)(=O)O)/C(=N/Nc1ccc(C(=O)O)cc1)C2=O)C(=O)Nc1ccc2c(c1)C=C(S(=O)(=O)O)/C(=N/Nc1ccc(C(=O)O)cc1)C2=O. The second-order valence-corrected chi connectivity index (χ2v) is 14.8. The predicted octanol–water partition coefficient (Wildman–Crippen LogP) is 3.45. The van der Waals surface area contributed by atoms with Crippen LogP contribution in [-0.4, -0.2) is 82.9 Å². The number of Topliss-reactive ketones (excluding diaryl/α,β-unsaturated/α-hetero) is 2. The van der Waals surface area contributed by atoms with E-state index < -0.39 is 76.8 Å². The Hall–Kier alpha value is -7.66. The van der Waals surface area contributed by atoms with E-state index in [1.165, 1.54) is 72.8 Å². The van der Waals surface area contributed by atoms with E-state index in [0.717, 1.165) is 24.3 Å². The highest BCUT2D eigenvalue weighted by Crippen LogP contribution is 2.30. The zero-order valence-electron chi connectivity index (χ0n) is 28.8. The van der Waals surface area contributed by atoms with Gasteiger partial charge in [0, 0.05) is 22.5 Å². The number of fused-ring (bicyclic) bond motifs is 2. The van der Waals surface area contributed by atoms with E-state index in [4.69, 9.17) is 10.2 Å². The minimum Gasteiger partial charge on any atom is -0.478 e. The Morgan fingerprint density at radius 1 is 0.500 bits per heavy atom. The molecule has 4 aromatic rings. The molecule has 0 bridgehead atoms. The first-order valence-corrected chi connectivity index (χ1v) is 18.9. The summed E-state index contributed by atoms with van der Waals surface area (Å²) in [4.78, 5) is 72.8. The maximum Gasteiger partial charge on any atom is 0.335 e. The third kappa shape index (κ3) is 8.58. The van der Waals surface area contributed by atoms with Crippen molar-refractivity contribution in [1.82, 2.24) is 0 Å². The van der Waals surface area contributed by atoms with Gasteiger partial charge in [-0.3, -0.25) is 39.1 Å². The quantitative estimate of drug-likeness (QED) is 0.0645. The van der Waals surface area contributed by atoms with Gasteiger partial charge in [0.25, 0.3) is 20.2 Å². The second-order valence-electron chi connectivity index (χ2n) is 12.0. The molecule has 0 saturated heterocycles. The number of carbonyl (C=O) groups is 6. The van der Waals surface area contributed by atoms with Crippen molar-refractivity contribution in [1.29, 1.82) is 0 Å². The van der Waals surface area contributed by atoms with Crippen LogP contribution in [-0.2, 0) is 29.8 Å². The molecule has 0 spiro atoms. The Kier molecular flexibility index (Phi) is 10.7. The van der Waals surface area contributed by atoms with Crippen molar-refractivity contribution >= 4 is 102 Å². The van der Waals surface area contributed by atoms with Gasteiger partial charge >= 0.3 is 23.8 Å². The number of allylic oxidation sites excluding steroid dienone is 2.